The first-order valence-electron chi connectivity index (χ1n) is 6.64. The highest BCUT2D eigenvalue weighted by Gasteiger charge is 2.07. The van der Waals surface area contributed by atoms with E-state index < -0.39 is 6.10 Å². The van der Waals surface area contributed by atoms with Crippen molar-refractivity contribution in [3.63, 3.8) is 0 Å². The SMILES string of the molecule is C#CC#CC(O)c1ccccc1C#Cc1ccccc1OC. The van der Waals surface area contributed by atoms with Crippen LogP contribution in [-0.2, 0) is 0 Å². The largest absolute Gasteiger partial charge is 0.495 e. The van der Waals surface area contributed by atoms with Crippen molar-refractivity contribution in [1.82, 2.24) is 0 Å². The highest BCUT2D eigenvalue weighted by molar-refractivity contribution is 5.52. The minimum Gasteiger partial charge on any atom is -0.495 e. The molecular formula is C20H14O2. The van der Waals surface area contributed by atoms with Crippen LogP contribution in [0.15, 0.2) is 48.5 Å². The zero-order valence-corrected chi connectivity index (χ0v) is 12.1. The molecule has 106 valence electrons. The van der Waals surface area contributed by atoms with E-state index in [9.17, 15) is 5.11 Å². The van der Waals surface area contributed by atoms with Gasteiger partial charge in [0, 0.05) is 11.1 Å². The van der Waals surface area contributed by atoms with Gasteiger partial charge in [0.25, 0.3) is 0 Å². The fraction of sp³-hybridized carbons (Fsp3) is 0.100. The van der Waals surface area contributed by atoms with E-state index in [0.29, 0.717) is 16.9 Å². The first kappa shape index (κ1) is 15.3. The minimum atomic E-state index is -0.959. The number of para-hydroxylation sites is 1. The van der Waals surface area contributed by atoms with Crippen LogP contribution in [0.1, 0.15) is 22.8 Å². The molecule has 0 aromatic heterocycles. The van der Waals surface area contributed by atoms with Crippen molar-refractivity contribution in [3.05, 3.63) is 65.2 Å². The second-order valence-corrected chi connectivity index (χ2v) is 4.35. The number of benzene rings is 2. The summed E-state index contributed by atoms with van der Waals surface area (Å²) in [5.41, 5.74) is 2.11. The van der Waals surface area contributed by atoms with Gasteiger partial charge in [-0.2, -0.15) is 0 Å². The zero-order chi connectivity index (χ0) is 15.8. The monoisotopic (exact) mass is 286 g/mol. The molecule has 0 bridgehead atoms. The molecule has 2 nitrogen and oxygen atoms in total. The average Bonchev–Trinajstić information content (AvgIpc) is 2.58. The molecule has 1 N–H and O–H groups in total. The van der Waals surface area contributed by atoms with Crippen LogP contribution in [0, 0.1) is 36.0 Å². The molecular weight excluding hydrogens is 272 g/mol. The number of terminal acetylenes is 1. The van der Waals surface area contributed by atoms with Crippen molar-refractivity contribution in [2.75, 3.05) is 7.11 Å². The van der Waals surface area contributed by atoms with E-state index in [1.54, 1.807) is 13.2 Å². The first-order valence-corrected chi connectivity index (χ1v) is 6.64. The Hall–Kier alpha value is -3.12. The van der Waals surface area contributed by atoms with Crippen molar-refractivity contribution >= 4 is 0 Å². The lowest BCUT2D eigenvalue weighted by atomic mass is 10.0. The van der Waals surface area contributed by atoms with E-state index in [0.717, 1.165) is 5.56 Å². The van der Waals surface area contributed by atoms with Crippen LogP contribution < -0.4 is 4.74 Å². The summed E-state index contributed by atoms with van der Waals surface area (Å²) < 4.78 is 5.27. The van der Waals surface area contributed by atoms with Gasteiger partial charge >= 0.3 is 0 Å². The molecule has 2 aromatic rings. The molecule has 2 aromatic carbocycles. The summed E-state index contributed by atoms with van der Waals surface area (Å²) in [6.45, 7) is 0. The number of aliphatic hydroxyl groups excluding tert-OH is 1. The Labute approximate surface area is 130 Å². The predicted octanol–water partition coefficient (Wildman–Crippen LogP) is 2.77. The quantitative estimate of drug-likeness (QED) is 0.860. The molecule has 0 radical (unpaired) electrons. The van der Waals surface area contributed by atoms with Gasteiger partial charge in [-0.3, -0.25) is 0 Å². The van der Waals surface area contributed by atoms with Crippen LogP contribution in [0.5, 0.6) is 5.75 Å². The third-order valence-corrected chi connectivity index (χ3v) is 2.98. The summed E-state index contributed by atoms with van der Waals surface area (Å²) in [4.78, 5) is 0. The van der Waals surface area contributed by atoms with Crippen LogP contribution in [0.4, 0.5) is 0 Å². The molecule has 0 aliphatic carbocycles. The number of methoxy groups -OCH3 is 1. The second-order valence-electron chi connectivity index (χ2n) is 4.35. The van der Waals surface area contributed by atoms with Crippen LogP contribution in [-0.4, -0.2) is 12.2 Å². The maximum Gasteiger partial charge on any atom is 0.142 e. The standard InChI is InChI=1S/C20H14O2/c1-3-4-12-19(21)18-11-7-5-9-16(18)14-15-17-10-6-8-13-20(17)22-2/h1,5-11,13,19,21H,2H3. The summed E-state index contributed by atoms with van der Waals surface area (Å²) in [7, 11) is 1.60. The van der Waals surface area contributed by atoms with E-state index in [1.165, 1.54) is 0 Å². The number of hydrogen-bond donors (Lipinski definition) is 1. The van der Waals surface area contributed by atoms with Gasteiger partial charge in [0.05, 0.1) is 12.7 Å². The Bertz CT molecular complexity index is 820. The maximum absolute atomic E-state index is 10.1. The van der Waals surface area contributed by atoms with Gasteiger partial charge in [-0.25, -0.2) is 0 Å². The fourth-order valence-electron chi connectivity index (χ4n) is 1.92. The summed E-state index contributed by atoms with van der Waals surface area (Å²) in [6.07, 6.45) is 4.12. The van der Waals surface area contributed by atoms with E-state index in [1.807, 2.05) is 42.5 Å². The summed E-state index contributed by atoms with van der Waals surface area (Å²) >= 11 is 0. The third kappa shape index (κ3) is 3.71. The lowest BCUT2D eigenvalue weighted by Gasteiger charge is -2.06. The van der Waals surface area contributed by atoms with E-state index >= 15 is 0 Å². The molecule has 0 amide bonds. The van der Waals surface area contributed by atoms with Crippen LogP contribution >= 0.6 is 0 Å². The van der Waals surface area contributed by atoms with Gasteiger partial charge in [0.2, 0.25) is 0 Å². The number of ether oxygens (including phenoxy) is 1. The highest BCUT2D eigenvalue weighted by Crippen LogP contribution is 2.18. The average molecular weight is 286 g/mol. The molecule has 0 heterocycles. The van der Waals surface area contributed by atoms with Gasteiger partial charge in [-0.15, -0.1) is 6.42 Å². The molecule has 0 aliphatic heterocycles. The Morgan fingerprint density at radius 2 is 1.64 bits per heavy atom. The van der Waals surface area contributed by atoms with Gasteiger partial charge in [-0.1, -0.05) is 48.1 Å². The second kappa shape index (κ2) is 7.61. The van der Waals surface area contributed by atoms with Crippen LogP contribution in [0.25, 0.3) is 0 Å². The topological polar surface area (TPSA) is 29.5 Å². The lowest BCUT2D eigenvalue weighted by molar-refractivity contribution is 0.238. The maximum atomic E-state index is 10.1. The van der Waals surface area contributed by atoms with Crippen LogP contribution in [0.3, 0.4) is 0 Å². The Balaban J connectivity index is 2.40. The summed E-state index contributed by atoms with van der Waals surface area (Å²) in [5, 5.41) is 10.1. The summed E-state index contributed by atoms with van der Waals surface area (Å²) in [5.74, 6) is 14.0. The molecule has 0 fully saturated rings. The molecule has 2 rings (SSSR count). The molecule has 0 saturated heterocycles. The van der Waals surface area contributed by atoms with Gasteiger partial charge in [0.15, 0.2) is 0 Å². The minimum absolute atomic E-state index is 0.632. The van der Waals surface area contributed by atoms with E-state index in [-0.39, 0.29) is 0 Å². The lowest BCUT2D eigenvalue weighted by Crippen LogP contribution is -1.97. The van der Waals surface area contributed by atoms with Crippen molar-refractivity contribution in [3.8, 4) is 41.8 Å². The zero-order valence-electron chi connectivity index (χ0n) is 12.1. The van der Waals surface area contributed by atoms with Crippen molar-refractivity contribution in [2.45, 2.75) is 6.10 Å². The summed E-state index contributed by atoms with van der Waals surface area (Å²) in [6, 6.07) is 14.8. The number of aliphatic hydroxyl groups is 1. The van der Waals surface area contributed by atoms with Gasteiger partial charge in [-0.05, 0) is 30.0 Å². The molecule has 0 aliphatic rings. The predicted molar refractivity (Wildman–Crippen MR) is 87.0 cm³/mol. The first-order chi connectivity index (χ1) is 10.8. The van der Waals surface area contributed by atoms with Crippen molar-refractivity contribution < 1.29 is 9.84 Å². The molecule has 1 atom stereocenters. The fourth-order valence-corrected chi connectivity index (χ4v) is 1.92. The van der Waals surface area contributed by atoms with Crippen molar-refractivity contribution in [1.29, 1.82) is 0 Å². The Kier molecular flexibility index (Phi) is 5.28. The smallest absolute Gasteiger partial charge is 0.142 e. The van der Waals surface area contributed by atoms with E-state index in [4.69, 9.17) is 11.2 Å². The normalized spacial score (nSPS) is 10.2. The van der Waals surface area contributed by atoms with Crippen LogP contribution in [0.2, 0.25) is 0 Å². The Morgan fingerprint density at radius 1 is 1.00 bits per heavy atom. The molecule has 2 heteroatoms. The van der Waals surface area contributed by atoms with Gasteiger partial charge < -0.3 is 9.84 Å². The number of rotatable bonds is 2. The third-order valence-electron chi connectivity index (χ3n) is 2.98. The number of hydrogen-bond acceptors (Lipinski definition) is 2. The highest BCUT2D eigenvalue weighted by atomic mass is 16.5. The molecule has 0 saturated carbocycles. The Morgan fingerprint density at radius 3 is 2.36 bits per heavy atom. The molecule has 22 heavy (non-hydrogen) atoms. The molecule has 0 spiro atoms. The van der Waals surface area contributed by atoms with Gasteiger partial charge in [0.1, 0.15) is 11.9 Å². The van der Waals surface area contributed by atoms with Crippen molar-refractivity contribution in [2.24, 2.45) is 0 Å². The van der Waals surface area contributed by atoms with E-state index in [2.05, 4.69) is 29.6 Å². The molecule has 1 unspecified atom stereocenters.